The zero-order valence-electron chi connectivity index (χ0n) is 12.6. The Balaban J connectivity index is 0.00000242. The molecule has 0 spiro atoms. The zero-order chi connectivity index (χ0) is 14.9. The lowest BCUT2D eigenvalue weighted by Gasteiger charge is -2.31. The summed E-state index contributed by atoms with van der Waals surface area (Å²) in [7, 11) is 0. The molecule has 0 aromatic heterocycles. The van der Waals surface area contributed by atoms with Crippen LogP contribution in [0.1, 0.15) is 0 Å². The molecule has 3 N–H and O–H groups in total. The molecule has 1 amide bonds. The molecule has 1 aromatic rings. The van der Waals surface area contributed by atoms with Gasteiger partial charge in [-0.15, -0.1) is 12.4 Å². The molecule has 6 nitrogen and oxygen atoms in total. The van der Waals surface area contributed by atoms with Crippen LogP contribution >= 0.6 is 12.4 Å². The molecule has 22 heavy (non-hydrogen) atoms. The van der Waals surface area contributed by atoms with Crippen molar-refractivity contribution in [2.75, 3.05) is 45.9 Å². The van der Waals surface area contributed by atoms with Crippen molar-refractivity contribution in [3.05, 3.63) is 30.3 Å². The van der Waals surface area contributed by atoms with E-state index in [-0.39, 0.29) is 24.4 Å². The second-order valence-corrected chi connectivity index (χ2v) is 4.98. The van der Waals surface area contributed by atoms with Crippen LogP contribution in [-0.2, 0) is 9.53 Å². The molecule has 1 fully saturated rings. The fourth-order valence-corrected chi connectivity index (χ4v) is 2.20. The first kappa shape index (κ1) is 18.7. The Morgan fingerprint density at radius 3 is 2.91 bits per heavy atom. The maximum Gasteiger partial charge on any atom is 0.234 e. The maximum atomic E-state index is 11.8. The van der Waals surface area contributed by atoms with Crippen molar-refractivity contribution in [3.63, 3.8) is 0 Å². The van der Waals surface area contributed by atoms with Crippen LogP contribution < -0.4 is 15.8 Å². The SMILES string of the molecule is Cl.NCC1CN(CC(=O)NCCOc2ccccc2)CCO1. The van der Waals surface area contributed by atoms with E-state index in [1.807, 2.05) is 30.3 Å². The molecule has 1 aliphatic heterocycles. The van der Waals surface area contributed by atoms with Crippen molar-refractivity contribution >= 4 is 18.3 Å². The third kappa shape index (κ3) is 6.62. The minimum absolute atomic E-state index is 0. The molecule has 1 atom stereocenters. The normalized spacial score (nSPS) is 18.3. The fourth-order valence-electron chi connectivity index (χ4n) is 2.20. The Labute approximate surface area is 137 Å². The third-order valence-electron chi connectivity index (χ3n) is 3.29. The minimum Gasteiger partial charge on any atom is -0.492 e. The lowest BCUT2D eigenvalue weighted by molar-refractivity contribution is -0.124. The van der Waals surface area contributed by atoms with Gasteiger partial charge in [-0.05, 0) is 12.1 Å². The van der Waals surface area contributed by atoms with Gasteiger partial charge in [0.1, 0.15) is 12.4 Å². The summed E-state index contributed by atoms with van der Waals surface area (Å²) >= 11 is 0. The number of morpholine rings is 1. The van der Waals surface area contributed by atoms with Gasteiger partial charge in [0, 0.05) is 19.6 Å². The molecule has 0 saturated carbocycles. The van der Waals surface area contributed by atoms with Gasteiger partial charge in [-0.3, -0.25) is 9.69 Å². The number of benzene rings is 1. The molecular weight excluding hydrogens is 306 g/mol. The third-order valence-corrected chi connectivity index (χ3v) is 3.29. The van der Waals surface area contributed by atoms with E-state index < -0.39 is 0 Å². The number of halogens is 1. The van der Waals surface area contributed by atoms with Crippen molar-refractivity contribution in [2.24, 2.45) is 5.73 Å². The minimum atomic E-state index is 0. The monoisotopic (exact) mass is 329 g/mol. The summed E-state index contributed by atoms with van der Waals surface area (Å²) in [6, 6.07) is 9.55. The van der Waals surface area contributed by atoms with E-state index in [1.165, 1.54) is 0 Å². The van der Waals surface area contributed by atoms with E-state index in [9.17, 15) is 4.79 Å². The molecule has 1 saturated heterocycles. The summed E-state index contributed by atoms with van der Waals surface area (Å²) in [4.78, 5) is 13.9. The van der Waals surface area contributed by atoms with Gasteiger partial charge in [-0.2, -0.15) is 0 Å². The van der Waals surface area contributed by atoms with Crippen molar-refractivity contribution < 1.29 is 14.3 Å². The first-order valence-corrected chi connectivity index (χ1v) is 7.26. The molecule has 0 bridgehead atoms. The molecule has 1 aliphatic rings. The van der Waals surface area contributed by atoms with Gasteiger partial charge in [0.15, 0.2) is 0 Å². The van der Waals surface area contributed by atoms with Crippen LogP contribution in [0.2, 0.25) is 0 Å². The quantitative estimate of drug-likeness (QED) is 0.702. The topological polar surface area (TPSA) is 76.8 Å². The van der Waals surface area contributed by atoms with Crippen LogP contribution in [0.25, 0.3) is 0 Å². The maximum absolute atomic E-state index is 11.8. The zero-order valence-corrected chi connectivity index (χ0v) is 13.4. The van der Waals surface area contributed by atoms with Crippen LogP contribution in [0.15, 0.2) is 30.3 Å². The predicted octanol–water partition coefficient (Wildman–Crippen LogP) is 0.263. The number of rotatable bonds is 7. The van der Waals surface area contributed by atoms with Gasteiger partial charge in [0.25, 0.3) is 0 Å². The molecule has 124 valence electrons. The number of carbonyl (C=O) groups excluding carboxylic acids is 1. The molecule has 0 radical (unpaired) electrons. The highest BCUT2D eigenvalue weighted by Crippen LogP contribution is 2.07. The van der Waals surface area contributed by atoms with E-state index in [1.54, 1.807) is 0 Å². The highest BCUT2D eigenvalue weighted by atomic mass is 35.5. The van der Waals surface area contributed by atoms with Crippen LogP contribution in [0, 0.1) is 0 Å². The van der Waals surface area contributed by atoms with Gasteiger partial charge in [0.05, 0.1) is 25.8 Å². The van der Waals surface area contributed by atoms with Crippen molar-refractivity contribution in [1.82, 2.24) is 10.2 Å². The van der Waals surface area contributed by atoms with E-state index >= 15 is 0 Å². The first-order chi connectivity index (χ1) is 10.3. The Morgan fingerprint density at radius 1 is 1.41 bits per heavy atom. The van der Waals surface area contributed by atoms with Gasteiger partial charge in [0.2, 0.25) is 5.91 Å². The number of hydrogen-bond donors (Lipinski definition) is 2. The second kappa shape index (κ2) is 10.4. The number of nitrogens with two attached hydrogens (primary N) is 1. The van der Waals surface area contributed by atoms with E-state index in [0.717, 1.165) is 12.3 Å². The highest BCUT2D eigenvalue weighted by molar-refractivity contribution is 5.85. The lowest BCUT2D eigenvalue weighted by Crippen LogP contribution is -2.49. The summed E-state index contributed by atoms with van der Waals surface area (Å²) in [5.74, 6) is 0.815. The summed E-state index contributed by atoms with van der Waals surface area (Å²) < 4.78 is 11.0. The predicted molar refractivity (Wildman–Crippen MR) is 87.4 cm³/mol. The molecular formula is C15H24ClN3O3. The standard InChI is InChI=1S/C15H23N3O3.ClH/c16-10-14-11-18(7-9-21-14)12-15(19)17-6-8-20-13-4-2-1-3-5-13;/h1-5,14H,6-12,16H2,(H,17,19);1H. The molecule has 1 aromatic carbocycles. The van der Waals surface area contributed by atoms with E-state index in [2.05, 4.69) is 10.2 Å². The number of carbonyl (C=O) groups is 1. The number of ether oxygens (including phenoxy) is 2. The van der Waals surface area contributed by atoms with Crippen molar-refractivity contribution in [2.45, 2.75) is 6.10 Å². The van der Waals surface area contributed by atoms with Crippen LogP contribution in [0.4, 0.5) is 0 Å². The number of nitrogens with one attached hydrogen (secondary N) is 1. The Kier molecular flexibility index (Phi) is 8.84. The lowest BCUT2D eigenvalue weighted by atomic mass is 10.2. The molecule has 1 heterocycles. The highest BCUT2D eigenvalue weighted by Gasteiger charge is 2.20. The van der Waals surface area contributed by atoms with Gasteiger partial charge >= 0.3 is 0 Å². The Hall–Kier alpha value is -1.34. The van der Waals surface area contributed by atoms with E-state index in [0.29, 0.717) is 39.4 Å². The summed E-state index contributed by atoms with van der Waals surface area (Å²) in [6.45, 7) is 3.94. The second-order valence-electron chi connectivity index (χ2n) is 4.98. The fraction of sp³-hybridized carbons (Fsp3) is 0.533. The van der Waals surface area contributed by atoms with Gasteiger partial charge in [-0.25, -0.2) is 0 Å². The summed E-state index contributed by atoms with van der Waals surface area (Å²) in [5, 5.41) is 2.86. The van der Waals surface area contributed by atoms with Gasteiger partial charge < -0.3 is 20.5 Å². The smallest absolute Gasteiger partial charge is 0.234 e. The van der Waals surface area contributed by atoms with Gasteiger partial charge in [-0.1, -0.05) is 18.2 Å². The number of amides is 1. The Bertz CT molecular complexity index is 433. The molecule has 7 heteroatoms. The first-order valence-electron chi connectivity index (χ1n) is 7.26. The average Bonchev–Trinajstić information content (AvgIpc) is 2.53. The van der Waals surface area contributed by atoms with E-state index in [4.69, 9.17) is 15.2 Å². The van der Waals surface area contributed by atoms with Crippen LogP contribution in [-0.4, -0.2) is 62.8 Å². The summed E-state index contributed by atoms with van der Waals surface area (Å²) in [5.41, 5.74) is 5.58. The number of nitrogens with zero attached hydrogens (tertiary/aromatic N) is 1. The molecule has 2 rings (SSSR count). The Morgan fingerprint density at radius 2 is 2.18 bits per heavy atom. The van der Waals surface area contributed by atoms with Crippen LogP contribution in [0.3, 0.4) is 0 Å². The largest absolute Gasteiger partial charge is 0.492 e. The molecule has 1 unspecified atom stereocenters. The number of para-hydroxylation sites is 1. The average molecular weight is 330 g/mol. The molecule has 0 aliphatic carbocycles. The summed E-state index contributed by atoms with van der Waals surface area (Å²) in [6.07, 6.45) is 0.0352. The van der Waals surface area contributed by atoms with Crippen LogP contribution in [0.5, 0.6) is 5.75 Å². The van der Waals surface area contributed by atoms with Crippen molar-refractivity contribution in [3.8, 4) is 5.75 Å². The van der Waals surface area contributed by atoms with Crippen molar-refractivity contribution in [1.29, 1.82) is 0 Å². The number of hydrogen-bond acceptors (Lipinski definition) is 5.